The summed E-state index contributed by atoms with van der Waals surface area (Å²) in [4.78, 5) is 0. The highest BCUT2D eigenvalue weighted by atomic mass is 32.2. The second-order valence-electron chi connectivity index (χ2n) is 5.78. The van der Waals surface area contributed by atoms with Crippen molar-refractivity contribution in [2.24, 2.45) is 0 Å². The second-order valence-corrected chi connectivity index (χ2v) is 7.84. The number of aliphatic hydroxyl groups excluding tert-OH is 2. The van der Waals surface area contributed by atoms with Gasteiger partial charge in [0.1, 0.15) is 0 Å². The molecule has 4 nitrogen and oxygen atoms in total. The number of thioether (sulfide) groups is 2. The van der Waals surface area contributed by atoms with E-state index in [0.29, 0.717) is 22.6 Å². The van der Waals surface area contributed by atoms with Crippen molar-refractivity contribution < 1.29 is 10.2 Å². The number of hydrogen-bond acceptors (Lipinski definition) is 6. The highest BCUT2D eigenvalue weighted by Crippen LogP contribution is 2.18. The maximum atomic E-state index is 10.1. The van der Waals surface area contributed by atoms with E-state index in [0.717, 1.165) is 22.6 Å². The molecule has 0 aromatic heterocycles. The van der Waals surface area contributed by atoms with Gasteiger partial charge in [-0.15, -0.1) is 0 Å². The lowest BCUT2D eigenvalue weighted by Crippen LogP contribution is -2.30. The molecule has 0 radical (unpaired) electrons. The largest absolute Gasteiger partial charge is 0.390 e. The van der Waals surface area contributed by atoms with Crippen LogP contribution in [0.1, 0.15) is 22.3 Å². The normalized spacial score (nSPS) is 12.8. The van der Waals surface area contributed by atoms with E-state index in [1.165, 1.54) is 0 Å². The Hall–Kier alpha value is -1.96. The Kier molecular flexibility index (Phi) is 8.53. The molecule has 2 aromatic rings. The zero-order valence-corrected chi connectivity index (χ0v) is 15.8. The SMILES string of the molecule is N#Cc1ccc(CSC[C@H](O)[C@@H](O)CSCc2ccc(C#N)cc2)cc1. The Bertz CT molecular complexity index is 697. The fourth-order valence-electron chi connectivity index (χ4n) is 2.17. The molecule has 134 valence electrons. The lowest BCUT2D eigenvalue weighted by Gasteiger charge is -2.17. The maximum absolute atomic E-state index is 10.1. The zero-order chi connectivity index (χ0) is 18.8. The van der Waals surface area contributed by atoms with Crippen LogP contribution in [0.2, 0.25) is 0 Å². The van der Waals surface area contributed by atoms with Crippen molar-refractivity contribution in [3.05, 3.63) is 70.8 Å². The van der Waals surface area contributed by atoms with E-state index in [-0.39, 0.29) is 0 Å². The second kappa shape index (κ2) is 10.9. The van der Waals surface area contributed by atoms with Gasteiger partial charge in [0, 0.05) is 23.0 Å². The lowest BCUT2D eigenvalue weighted by molar-refractivity contribution is 0.0500. The number of nitriles is 2. The van der Waals surface area contributed by atoms with Gasteiger partial charge in [-0.1, -0.05) is 24.3 Å². The topological polar surface area (TPSA) is 88.0 Å². The van der Waals surface area contributed by atoms with Gasteiger partial charge in [0.05, 0.1) is 35.5 Å². The first-order chi connectivity index (χ1) is 12.6. The van der Waals surface area contributed by atoms with E-state index in [1.807, 2.05) is 24.3 Å². The van der Waals surface area contributed by atoms with E-state index in [4.69, 9.17) is 10.5 Å². The predicted octanol–water partition coefficient (Wildman–Crippen LogP) is 3.32. The minimum atomic E-state index is -0.771. The van der Waals surface area contributed by atoms with E-state index in [2.05, 4.69) is 12.1 Å². The molecule has 26 heavy (non-hydrogen) atoms. The van der Waals surface area contributed by atoms with Gasteiger partial charge >= 0.3 is 0 Å². The van der Waals surface area contributed by atoms with Crippen molar-refractivity contribution in [1.82, 2.24) is 0 Å². The Morgan fingerprint density at radius 1 is 0.692 bits per heavy atom. The number of nitrogens with zero attached hydrogens (tertiary/aromatic N) is 2. The molecule has 2 aromatic carbocycles. The van der Waals surface area contributed by atoms with Crippen molar-refractivity contribution in [3.63, 3.8) is 0 Å². The van der Waals surface area contributed by atoms with Crippen LogP contribution in [-0.4, -0.2) is 33.9 Å². The molecule has 0 amide bonds. The molecule has 2 rings (SSSR count). The summed E-state index contributed by atoms with van der Waals surface area (Å²) in [5.74, 6) is 2.37. The molecule has 0 bridgehead atoms. The first kappa shape index (κ1) is 20.4. The number of benzene rings is 2. The van der Waals surface area contributed by atoms with Crippen LogP contribution in [0.3, 0.4) is 0 Å². The third-order valence-corrected chi connectivity index (χ3v) is 5.95. The molecule has 0 fully saturated rings. The van der Waals surface area contributed by atoms with Crippen LogP contribution < -0.4 is 0 Å². The third kappa shape index (κ3) is 6.74. The molecule has 6 heteroatoms. The number of rotatable bonds is 9. The fraction of sp³-hybridized carbons (Fsp3) is 0.300. The molecular weight excluding hydrogens is 364 g/mol. The van der Waals surface area contributed by atoms with Gasteiger partial charge in [0.2, 0.25) is 0 Å². The molecule has 0 saturated carbocycles. The van der Waals surface area contributed by atoms with Gasteiger partial charge in [-0.05, 0) is 35.4 Å². The third-order valence-electron chi connectivity index (χ3n) is 3.72. The summed E-state index contributed by atoms with van der Waals surface area (Å²) in [5.41, 5.74) is 3.44. The van der Waals surface area contributed by atoms with E-state index in [9.17, 15) is 10.2 Å². The maximum Gasteiger partial charge on any atom is 0.0991 e. The molecule has 2 N–H and O–H groups in total. The zero-order valence-electron chi connectivity index (χ0n) is 14.2. The van der Waals surface area contributed by atoms with Gasteiger partial charge in [0.15, 0.2) is 0 Å². The van der Waals surface area contributed by atoms with E-state index >= 15 is 0 Å². The van der Waals surface area contributed by atoms with Gasteiger partial charge in [-0.25, -0.2) is 0 Å². The Morgan fingerprint density at radius 3 is 1.35 bits per heavy atom. The van der Waals surface area contributed by atoms with Crippen LogP contribution in [0.5, 0.6) is 0 Å². The van der Waals surface area contributed by atoms with E-state index < -0.39 is 12.2 Å². The first-order valence-corrected chi connectivity index (χ1v) is 10.4. The highest BCUT2D eigenvalue weighted by Gasteiger charge is 2.16. The molecular formula is C20H20N2O2S2. The number of aliphatic hydroxyl groups is 2. The summed E-state index contributed by atoms with van der Waals surface area (Å²) in [6, 6.07) is 18.9. The van der Waals surface area contributed by atoms with Gasteiger partial charge in [0.25, 0.3) is 0 Å². The van der Waals surface area contributed by atoms with Crippen LogP contribution in [0.25, 0.3) is 0 Å². The number of hydrogen-bond donors (Lipinski definition) is 2. The summed E-state index contributed by atoms with van der Waals surface area (Å²) < 4.78 is 0. The van der Waals surface area contributed by atoms with Crippen LogP contribution in [0.15, 0.2) is 48.5 Å². The minimum absolute atomic E-state index is 0.457. The predicted molar refractivity (Wildman–Crippen MR) is 107 cm³/mol. The van der Waals surface area contributed by atoms with Crippen LogP contribution in [0, 0.1) is 22.7 Å². The quantitative estimate of drug-likeness (QED) is 0.689. The molecule has 0 spiro atoms. The monoisotopic (exact) mass is 384 g/mol. The molecule has 0 heterocycles. The summed E-state index contributed by atoms with van der Waals surface area (Å²) in [7, 11) is 0. The summed E-state index contributed by atoms with van der Waals surface area (Å²) in [6.45, 7) is 0. The van der Waals surface area contributed by atoms with Crippen molar-refractivity contribution in [3.8, 4) is 12.1 Å². The van der Waals surface area contributed by atoms with Crippen molar-refractivity contribution in [2.45, 2.75) is 23.7 Å². The standard InChI is InChI=1S/C20H20N2O2S2/c21-9-15-1-5-17(6-2-15)11-25-13-19(23)20(24)14-26-12-18-7-3-16(10-22)4-8-18/h1-8,19-20,23-24H,11-14H2/t19-,20-/m0/s1. The van der Waals surface area contributed by atoms with Crippen molar-refractivity contribution in [2.75, 3.05) is 11.5 Å². The smallest absolute Gasteiger partial charge is 0.0991 e. The van der Waals surface area contributed by atoms with Gasteiger partial charge < -0.3 is 10.2 Å². The van der Waals surface area contributed by atoms with E-state index in [1.54, 1.807) is 47.8 Å². The Balaban J connectivity index is 1.65. The Labute approximate surface area is 162 Å². The molecule has 2 atom stereocenters. The lowest BCUT2D eigenvalue weighted by atomic mass is 10.2. The molecule has 0 aliphatic heterocycles. The van der Waals surface area contributed by atoms with Crippen LogP contribution >= 0.6 is 23.5 Å². The molecule has 0 unspecified atom stereocenters. The molecule has 0 saturated heterocycles. The first-order valence-electron chi connectivity index (χ1n) is 8.12. The van der Waals surface area contributed by atoms with Crippen molar-refractivity contribution >= 4 is 23.5 Å². The molecule has 0 aliphatic carbocycles. The molecule has 0 aliphatic rings. The summed E-state index contributed by atoms with van der Waals surface area (Å²) in [6.07, 6.45) is -1.54. The Morgan fingerprint density at radius 2 is 1.04 bits per heavy atom. The average Bonchev–Trinajstić information content (AvgIpc) is 2.68. The summed E-state index contributed by atoms with van der Waals surface area (Å²) in [5, 5.41) is 37.7. The van der Waals surface area contributed by atoms with Crippen LogP contribution in [0.4, 0.5) is 0 Å². The summed E-state index contributed by atoms with van der Waals surface area (Å²) >= 11 is 3.11. The minimum Gasteiger partial charge on any atom is -0.390 e. The van der Waals surface area contributed by atoms with Gasteiger partial charge in [-0.3, -0.25) is 0 Å². The fourth-order valence-corrected chi connectivity index (χ4v) is 4.19. The van der Waals surface area contributed by atoms with Crippen LogP contribution in [-0.2, 0) is 11.5 Å². The average molecular weight is 385 g/mol. The van der Waals surface area contributed by atoms with Gasteiger partial charge in [-0.2, -0.15) is 34.0 Å². The van der Waals surface area contributed by atoms with Crippen molar-refractivity contribution in [1.29, 1.82) is 10.5 Å². The highest BCUT2D eigenvalue weighted by molar-refractivity contribution is 7.98.